The number of nitrogens with zero attached hydrogens (tertiary/aromatic N) is 2. The van der Waals surface area contributed by atoms with Crippen molar-refractivity contribution in [2.24, 2.45) is 5.92 Å². The van der Waals surface area contributed by atoms with Crippen LogP contribution in [0.3, 0.4) is 0 Å². The molecule has 2 rings (SSSR count). The Hall–Kier alpha value is -0.120. The van der Waals surface area contributed by atoms with Gasteiger partial charge in [-0.3, -0.25) is 4.90 Å². The predicted octanol–water partition coefficient (Wildman–Crippen LogP) is 1.79. The van der Waals surface area contributed by atoms with E-state index in [1.165, 1.54) is 71.4 Å². The zero-order valence-corrected chi connectivity index (χ0v) is 12.3. The predicted molar refractivity (Wildman–Crippen MR) is 78.0 cm³/mol. The molecular formula is C15H31N3. The van der Waals surface area contributed by atoms with E-state index < -0.39 is 0 Å². The number of rotatable bonds is 4. The highest BCUT2D eigenvalue weighted by Gasteiger charge is 2.19. The van der Waals surface area contributed by atoms with Gasteiger partial charge < -0.3 is 10.2 Å². The van der Waals surface area contributed by atoms with Crippen LogP contribution >= 0.6 is 0 Å². The molecule has 0 radical (unpaired) electrons. The minimum Gasteiger partial charge on any atom is -0.312 e. The fourth-order valence-corrected chi connectivity index (χ4v) is 3.28. The average molecular weight is 253 g/mol. The number of piperazine rings is 1. The minimum atomic E-state index is 0.778. The first kappa shape index (κ1) is 14.3. The number of hydrogen-bond donors (Lipinski definition) is 1. The summed E-state index contributed by atoms with van der Waals surface area (Å²) in [6.45, 7) is 9.81. The number of hydrogen-bond acceptors (Lipinski definition) is 3. The molecule has 0 aromatic rings. The van der Waals surface area contributed by atoms with E-state index in [-0.39, 0.29) is 0 Å². The Bertz CT molecular complexity index is 224. The summed E-state index contributed by atoms with van der Waals surface area (Å²) in [7, 11) is 2.22. The van der Waals surface area contributed by atoms with Crippen LogP contribution in [0.2, 0.25) is 0 Å². The minimum absolute atomic E-state index is 0.778. The molecule has 1 saturated carbocycles. The highest BCUT2D eigenvalue weighted by Crippen LogP contribution is 2.22. The van der Waals surface area contributed by atoms with Gasteiger partial charge in [0, 0.05) is 45.3 Å². The zero-order valence-electron chi connectivity index (χ0n) is 12.3. The molecule has 2 atom stereocenters. The molecule has 1 aliphatic carbocycles. The van der Waals surface area contributed by atoms with Gasteiger partial charge in [-0.1, -0.05) is 26.2 Å². The number of nitrogens with one attached hydrogen (secondary N) is 1. The summed E-state index contributed by atoms with van der Waals surface area (Å²) in [4.78, 5) is 5.03. The second-order valence-electron chi connectivity index (χ2n) is 6.32. The summed E-state index contributed by atoms with van der Waals surface area (Å²) < 4.78 is 0. The van der Waals surface area contributed by atoms with E-state index in [4.69, 9.17) is 0 Å². The second-order valence-corrected chi connectivity index (χ2v) is 6.32. The van der Waals surface area contributed by atoms with Crippen LogP contribution in [-0.4, -0.2) is 62.2 Å². The molecule has 18 heavy (non-hydrogen) atoms. The molecule has 0 amide bonds. The molecule has 2 fully saturated rings. The summed E-state index contributed by atoms with van der Waals surface area (Å²) in [5, 5.41) is 3.81. The van der Waals surface area contributed by atoms with Crippen LogP contribution in [0, 0.1) is 5.92 Å². The summed E-state index contributed by atoms with van der Waals surface area (Å²) in [5.41, 5.74) is 0. The van der Waals surface area contributed by atoms with Crippen LogP contribution in [0.15, 0.2) is 0 Å². The van der Waals surface area contributed by atoms with Crippen molar-refractivity contribution < 1.29 is 0 Å². The molecule has 0 aromatic heterocycles. The molecule has 0 spiro atoms. The maximum Gasteiger partial charge on any atom is 0.0110 e. The standard InChI is InChI=1S/C15H31N3/c1-14-6-4-3-5-7-15(14)16-8-9-18-12-10-17(2)11-13-18/h14-16H,3-13H2,1-2H3. The molecule has 0 bridgehead atoms. The fourth-order valence-electron chi connectivity index (χ4n) is 3.28. The first-order valence-electron chi connectivity index (χ1n) is 7.90. The summed E-state index contributed by atoms with van der Waals surface area (Å²) in [6.07, 6.45) is 7.13. The maximum atomic E-state index is 3.81. The van der Waals surface area contributed by atoms with Crippen molar-refractivity contribution in [2.45, 2.75) is 45.1 Å². The molecule has 1 heterocycles. The lowest BCUT2D eigenvalue weighted by atomic mass is 9.97. The van der Waals surface area contributed by atoms with Crippen molar-refractivity contribution in [3.8, 4) is 0 Å². The van der Waals surface area contributed by atoms with Gasteiger partial charge in [0.25, 0.3) is 0 Å². The molecule has 0 aromatic carbocycles. The molecule has 1 N–H and O–H groups in total. The van der Waals surface area contributed by atoms with Gasteiger partial charge in [0.05, 0.1) is 0 Å². The van der Waals surface area contributed by atoms with Crippen LogP contribution in [0.1, 0.15) is 39.0 Å². The molecule has 2 unspecified atom stereocenters. The van der Waals surface area contributed by atoms with E-state index >= 15 is 0 Å². The lowest BCUT2D eigenvalue weighted by Crippen LogP contribution is -2.47. The normalized spacial score (nSPS) is 32.3. The average Bonchev–Trinajstić information content (AvgIpc) is 2.57. The van der Waals surface area contributed by atoms with Gasteiger partial charge in [-0.15, -0.1) is 0 Å². The molecule has 3 heteroatoms. The van der Waals surface area contributed by atoms with E-state index in [0.717, 1.165) is 12.0 Å². The molecule has 2 aliphatic rings. The molecule has 1 aliphatic heterocycles. The van der Waals surface area contributed by atoms with Gasteiger partial charge in [0.2, 0.25) is 0 Å². The Morgan fingerprint density at radius 3 is 2.50 bits per heavy atom. The lowest BCUT2D eigenvalue weighted by Gasteiger charge is -2.33. The monoisotopic (exact) mass is 253 g/mol. The van der Waals surface area contributed by atoms with Gasteiger partial charge in [0.1, 0.15) is 0 Å². The molecular weight excluding hydrogens is 222 g/mol. The van der Waals surface area contributed by atoms with E-state index in [2.05, 4.69) is 29.1 Å². The maximum absolute atomic E-state index is 3.81. The highest BCUT2D eigenvalue weighted by atomic mass is 15.2. The summed E-state index contributed by atoms with van der Waals surface area (Å²) in [5.74, 6) is 0.875. The van der Waals surface area contributed by atoms with Crippen LogP contribution < -0.4 is 5.32 Å². The molecule has 106 valence electrons. The van der Waals surface area contributed by atoms with Crippen LogP contribution in [0.4, 0.5) is 0 Å². The summed E-state index contributed by atoms with van der Waals surface area (Å²) in [6, 6.07) is 0.778. The largest absolute Gasteiger partial charge is 0.312 e. The first-order valence-corrected chi connectivity index (χ1v) is 7.90. The van der Waals surface area contributed by atoms with Crippen molar-refractivity contribution >= 4 is 0 Å². The Labute approximate surface area is 113 Å². The fraction of sp³-hybridized carbons (Fsp3) is 1.00. The third-order valence-electron chi connectivity index (χ3n) is 4.79. The van der Waals surface area contributed by atoms with Crippen molar-refractivity contribution in [2.75, 3.05) is 46.3 Å². The SMILES string of the molecule is CC1CCCCCC1NCCN1CCN(C)CC1. The van der Waals surface area contributed by atoms with E-state index in [9.17, 15) is 0 Å². The Balaban J connectivity index is 1.62. The van der Waals surface area contributed by atoms with Gasteiger partial charge in [-0.05, 0) is 25.8 Å². The van der Waals surface area contributed by atoms with Crippen molar-refractivity contribution in [1.29, 1.82) is 0 Å². The first-order chi connectivity index (χ1) is 8.75. The van der Waals surface area contributed by atoms with Crippen LogP contribution in [-0.2, 0) is 0 Å². The van der Waals surface area contributed by atoms with Gasteiger partial charge >= 0.3 is 0 Å². The quantitative estimate of drug-likeness (QED) is 0.771. The van der Waals surface area contributed by atoms with Crippen molar-refractivity contribution in [3.05, 3.63) is 0 Å². The summed E-state index contributed by atoms with van der Waals surface area (Å²) >= 11 is 0. The lowest BCUT2D eigenvalue weighted by molar-refractivity contribution is 0.152. The van der Waals surface area contributed by atoms with E-state index in [1.54, 1.807) is 0 Å². The molecule has 1 saturated heterocycles. The van der Waals surface area contributed by atoms with Crippen LogP contribution in [0.25, 0.3) is 0 Å². The number of likely N-dealkylation sites (N-methyl/N-ethyl adjacent to an activating group) is 1. The van der Waals surface area contributed by atoms with Gasteiger partial charge in [-0.2, -0.15) is 0 Å². The van der Waals surface area contributed by atoms with Gasteiger partial charge in [0.15, 0.2) is 0 Å². The van der Waals surface area contributed by atoms with Crippen molar-refractivity contribution in [1.82, 2.24) is 15.1 Å². The zero-order chi connectivity index (χ0) is 12.8. The van der Waals surface area contributed by atoms with Gasteiger partial charge in [-0.25, -0.2) is 0 Å². The van der Waals surface area contributed by atoms with Crippen LogP contribution in [0.5, 0.6) is 0 Å². The smallest absolute Gasteiger partial charge is 0.0110 e. The Morgan fingerprint density at radius 1 is 1.00 bits per heavy atom. The third-order valence-corrected chi connectivity index (χ3v) is 4.79. The Kier molecular flexibility index (Phi) is 5.93. The highest BCUT2D eigenvalue weighted by molar-refractivity contribution is 4.78. The topological polar surface area (TPSA) is 18.5 Å². The van der Waals surface area contributed by atoms with E-state index in [0.29, 0.717) is 0 Å². The Morgan fingerprint density at radius 2 is 1.72 bits per heavy atom. The van der Waals surface area contributed by atoms with Crippen molar-refractivity contribution in [3.63, 3.8) is 0 Å². The third kappa shape index (κ3) is 4.52. The second kappa shape index (κ2) is 7.46. The van der Waals surface area contributed by atoms with E-state index in [1.807, 2.05) is 0 Å². The molecule has 3 nitrogen and oxygen atoms in total.